The number of nitrogens with one attached hydrogen (secondary N) is 1. The van der Waals surface area contributed by atoms with Gasteiger partial charge in [-0.2, -0.15) is 0 Å². The van der Waals surface area contributed by atoms with E-state index in [4.69, 9.17) is 14.2 Å². The number of hydrogen-bond donors (Lipinski definition) is 1. The van der Waals surface area contributed by atoms with Crippen LogP contribution in [0.5, 0.6) is 0 Å². The molecule has 13 heteroatoms. The lowest BCUT2D eigenvalue weighted by atomic mass is 9.83. The Bertz CT molecular complexity index is 1940. The minimum Gasteiger partial charge on any atom is -0.461 e. The van der Waals surface area contributed by atoms with Crippen LogP contribution in [0.15, 0.2) is 72.8 Å². The van der Waals surface area contributed by atoms with Gasteiger partial charge in [-0.05, 0) is 94.8 Å². The summed E-state index contributed by atoms with van der Waals surface area (Å²) in [6.07, 6.45) is 0.701. The molecule has 1 unspecified atom stereocenters. The number of rotatable bonds is 13. The van der Waals surface area contributed by atoms with E-state index >= 15 is 0 Å². The molecule has 0 aliphatic carbocycles. The molecule has 1 N–H and O–H groups in total. The number of piperazine rings is 1. The van der Waals surface area contributed by atoms with Crippen molar-refractivity contribution < 1.29 is 37.8 Å². The molecule has 3 aromatic rings. The number of benzene rings is 3. The van der Waals surface area contributed by atoms with Crippen molar-refractivity contribution in [2.45, 2.75) is 96.6 Å². The maximum atomic E-state index is 14.7. The molecule has 6 rings (SSSR count). The standard InChI is InChI=1S/C46H60FN5O7/c1-32-25-50(38(26-49-21-22-57-29-33(49)2)27-51(32)44(56)59-45(3,4)5)28-41(53)52-31-46(6,39-19-16-36(24-40(39)52)23-34-14-17-37(47)18-15-34)43(55)48-20-10-13-42(54)58-30-35-11-8-7-9-12-35/h7-9,11-12,14-19,24,32-33,38H,10,13,20-23,25-31H2,1-6H3,(H,48,55)/t32-,33-,38+,46?/m1/s1. The van der Waals surface area contributed by atoms with Crippen LogP contribution in [-0.2, 0) is 47.0 Å². The van der Waals surface area contributed by atoms with E-state index in [1.54, 1.807) is 21.9 Å². The second kappa shape index (κ2) is 19.0. The average Bonchev–Trinajstić information content (AvgIpc) is 3.50. The number of anilines is 1. The quantitative estimate of drug-likeness (QED) is 0.172. The number of fused-ring (bicyclic) bond motifs is 1. The van der Waals surface area contributed by atoms with Gasteiger partial charge in [-0.15, -0.1) is 0 Å². The van der Waals surface area contributed by atoms with Gasteiger partial charge in [0.1, 0.15) is 18.0 Å². The first-order valence-corrected chi connectivity index (χ1v) is 20.8. The topological polar surface area (TPSA) is 121 Å². The van der Waals surface area contributed by atoms with Crippen molar-refractivity contribution in [1.29, 1.82) is 0 Å². The maximum absolute atomic E-state index is 14.7. The van der Waals surface area contributed by atoms with Crippen LogP contribution in [0.1, 0.15) is 76.6 Å². The largest absolute Gasteiger partial charge is 0.461 e. The van der Waals surface area contributed by atoms with Gasteiger partial charge in [-0.3, -0.25) is 24.2 Å². The smallest absolute Gasteiger partial charge is 0.410 e. The van der Waals surface area contributed by atoms with Crippen LogP contribution < -0.4 is 10.2 Å². The van der Waals surface area contributed by atoms with Gasteiger partial charge in [0.15, 0.2) is 0 Å². The summed E-state index contributed by atoms with van der Waals surface area (Å²) < 4.78 is 30.7. The van der Waals surface area contributed by atoms with Crippen molar-refractivity contribution in [3.05, 3.63) is 101 Å². The molecule has 3 aromatic carbocycles. The Labute approximate surface area is 347 Å². The van der Waals surface area contributed by atoms with Crippen molar-refractivity contribution in [1.82, 2.24) is 20.0 Å². The number of morpholine rings is 1. The Morgan fingerprint density at radius 3 is 2.36 bits per heavy atom. The molecule has 3 aliphatic rings. The minimum absolute atomic E-state index is 0.0836. The van der Waals surface area contributed by atoms with Crippen LogP contribution in [0.4, 0.5) is 14.9 Å². The van der Waals surface area contributed by atoms with Gasteiger partial charge in [0.2, 0.25) is 11.8 Å². The number of esters is 1. The van der Waals surface area contributed by atoms with Crippen molar-refractivity contribution in [2.75, 3.05) is 63.9 Å². The lowest BCUT2D eigenvalue weighted by Crippen LogP contribution is -2.64. The zero-order valence-corrected chi connectivity index (χ0v) is 35.4. The molecule has 3 amide bonds. The van der Waals surface area contributed by atoms with Crippen LogP contribution in [0.3, 0.4) is 0 Å². The van der Waals surface area contributed by atoms with E-state index in [1.807, 2.05) is 83.1 Å². The summed E-state index contributed by atoms with van der Waals surface area (Å²) in [6.45, 7) is 15.7. The second-order valence-electron chi connectivity index (χ2n) is 17.5. The molecule has 3 heterocycles. The van der Waals surface area contributed by atoms with Crippen molar-refractivity contribution in [3.63, 3.8) is 0 Å². The van der Waals surface area contributed by atoms with Crippen molar-refractivity contribution >= 4 is 29.6 Å². The fraction of sp³-hybridized carbons (Fsp3) is 0.522. The van der Waals surface area contributed by atoms with E-state index in [1.165, 1.54) is 12.1 Å². The van der Waals surface area contributed by atoms with Crippen molar-refractivity contribution in [2.24, 2.45) is 0 Å². The summed E-state index contributed by atoms with van der Waals surface area (Å²) in [5, 5.41) is 3.03. The Hall–Kier alpha value is -4.85. The van der Waals surface area contributed by atoms with Gasteiger partial charge >= 0.3 is 12.1 Å². The first kappa shape index (κ1) is 43.7. The Morgan fingerprint density at radius 2 is 1.64 bits per heavy atom. The number of nitrogens with zero attached hydrogens (tertiary/aromatic N) is 4. The molecule has 0 bridgehead atoms. The fourth-order valence-electron chi connectivity index (χ4n) is 8.17. The molecular weight excluding hydrogens is 754 g/mol. The zero-order chi connectivity index (χ0) is 42.3. The fourth-order valence-corrected chi connectivity index (χ4v) is 8.17. The van der Waals surface area contributed by atoms with Gasteiger partial charge in [-0.1, -0.05) is 54.6 Å². The summed E-state index contributed by atoms with van der Waals surface area (Å²) in [5.74, 6) is -1.04. The highest BCUT2D eigenvalue weighted by Crippen LogP contribution is 2.42. The van der Waals surface area contributed by atoms with Gasteiger partial charge in [0.25, 0.3) is 0 Å². The summed E-state index contributed by atoms with van der Waals surface area (Å²) in [7, 11) is 0. The maximum Gasteiger partial charge on any atom is 0.410 e. The molecule has 0 aromatic heterocycles. The van der Waals surface area contributed by atoms with Gasteiger partial charge in [-0.25, -0.2) is 9.18 Å². The predicted octanol–water partition coefficient (Wildman–Crippen LogP) is 5.69. The highest BCUT2D eigenvalue weighted by molar-refractivity contribution is 6.03. The van der Waals surface area contributed by atoms with E-state index < -0.39 is 11.0 Å². The van der Waals surface area contributed by atoms with Crippen molar-refractivity contribution in [3.8, 4) is 0 Å². The number of carbonyl (C=O) groups excluding carboxylic acids is 4. The first-order chi connectivity index (χ1) is 28.1. The third-order valence-corrected chi connectivity index (χ3v) is 11.5. The van der Waals surface area contributed by atoms with E-state index in [0.717, 1.165) is 28.8 Å². The normalized spacial score (nSPS) is 22.5. The Morgan fingerprint density at radius 1 is 0.915 bits per heavy atom. The molecule has 3 aliphatic heterocycles. The third kappa shape index (κ3) is 11.3. The molecule has 0 saturated carbocycles. The lowest BCUT2D eigenvalue weighted by Gasteiger charge is -2.47. The molecule has 4 atom stereocenters. The van der Waals surface area contributed by atoms with Gasteiger partial charge < -0.3 is 29.3 Å². The van der Waals surface area contributed by atoms with E-state index in [9.17, 15) is 23.6 Å². The highest BCUT2D eigenvalue weighted by atomic mass is 19.1. The highest BCUT2D eigenvalue weighted by Gasteiger charge is 2.47. The second-order valence-corrected chi connectivity index (χ2v) is 17.5. The minimum atomic E-state index is -1.07. The molecule has 12 nitrogen and oxygen atoms in total. The summed E-state index contributed by atoms with van der Waals surface area (Å²) in [5.41, 5.74) is 2.42. The van der Waals surface area contributed by atoms with E-state index in [2.05, 4.69) is 22.0 Å². The van der Waals surface area contributed by atoms with E-state index in [-0.39, 0.29) is 80.5 Å². The Kier molecular flexibility index (Phi) is 14.1. The predicted molar refractivity (Wildman–Crippen MR) is 223 cm³/mol. The van der Waals surface area contributed by atoms with Gasteiger partial charge in [0, 0.05) is 69.5 Å². The molecule has 0 spiro atoms. The van der Waals surface area contributed by atoms with Crippen LogP contribution >= 0.6 is 0 Å². The average molecular weight is 814 g/mol. The third-order valence-electron chi connectivity index (χ3n) is 11.5. The zero-order valence-electron chi connectivity index (χ0n) is 35.4. The Balaban J connectivity index is 1.19. The molecular formula is C46H60FN5O7. The van der Waals surface area contributed by atoms with Crippen LogP contribution in [0, 0.1) is 5.82 Å². The molecule has 2 fully saturated rings. The number of amides is 3. The molecule has 59 heavy (non-hydrogen) atoms. The number of ether oxygens (including phenoxy) is 3. The van der Waals surface area contributed by atoms with Crippen LogP contribution in [0.25, 0.3) is 0 Å². The SMILES string of the molecule is C[C@@H]1COCCN1C[C@H]1CN(C(=O)OC(C)(C)C)[C@H](C)CN1CC(=O)N1CC(C)(C(=O)NCCCC(=O)OCc2ccccc2)c2ccc(Cc3ccc(F)cc3)cc21. The number of halogens is 1. The number of hydrogen-bond acceptors (Lipinski definition) is 9. The van der Waals surface area contributed by atoms with E-state index in [0.29, 0.717) is 51.4 Å². The van der Waals surface area contributed by atoms with Gasteiger partial charge in [0.05, 0.1) is 25.2 Å². The molecule has 318 valence electrons. The molecule has 0 radical (unpaired) electrons. The summed E-state index contributed by atoms with van der Waals surface area (Å²) in [4.78, 5) is 62.7. The first-order valence-electron chi connectivity index (χ1n) is 20.8. The van der Waals surface area contributed by atoms with Crippen LogP contribution in [-0.4, -0.2) is 121 Å². The molecule has 2 saturated heterocycles. The lowest BCUT2D eigenvalue weighted by molar-refractivity contribution is -0.145. The number of carbonyl (C=O) groups is 4. The van der Waals surface area contributed by atoms with Crippen LogP contribution in [0.2, 0.25) is 0 Å². The summed E-state index contributed by atoms with van der Waals surface area (Å²) >= 11 is 0. The summed E-state index contributed by atoms with van der Waals surface area (Å²) in [6, 6.07) is 21.5. The monoisotopic (exact) mass is 813 g/mol.